The molecule has 3 fully saturated rings. The third kappa shape index (κ3) is 8.29. The van der Waals surface area contributed by atoms with Gasteiger partial charge in [0.25, 0.3) is 11.8 Å². The number of ether oxygens (including phenoxy) is 2. The number of hydrogen-bond acceptors (Lipinski definition) is 9. The minimum absolute atomic E-state index is 0.0568. The van der Waals surface area contributed by atoms with Gasteiger partial charge in [0, 0.05) is 24.6 Å². The Morgan fingerprint density at radius 2 is 1.85 bits per heavy atom. The number of rotatable bonds is 10. The number of amides is 4. The average molecular weight is 850 g/mol. The van der Waals surface area contributed by atoms with Gasteiger partial charge in [0.2, 0.25) is 27.7 Å². The van der Waals surface area contributed by atoms with Crippen LogP contribution in [0.15, 0.2) is 36.5 Å². The summed E-state index contributed by atoms with van der Waals surface area (Å²) >= 11 is 0. The Kier molecular flexibility index (Phi) is 11.8. The predicted molar refractivity (Wildman–Crippen MR) is 211 cm³/mol. The fourth-order valence-corrected chi connectivity index (χ4v) is 9.74. The zero-order chi connectivity index (χ0) is 43.5. The van der Waals surface area contributed by atoms with Crippen LogP contribution < -0.4 is 19.5 Å². The average Bonchev–Trinajstić information content (AvgIpc) is 4.03. The molecule has 2 aliphatic heterocycles. The number of sulfonamides is 1. The number of pyridine rings is 1. The maximum Gasteiger partial charge on any atom is 0.408 e. The third-order valence-electron chi connectivity index (χ3n) is 13.0. The zero-order valence-electron chi connectivity index (χ0n) is 34.4. The minimum Gasteiger partial charge on any atom is -0.494 e. The number of hydrogen-bond donors (Lipinski definition) is 3. The third-order valence-corrected chi connectivity index (χ3v) is 15.2. The predicted octanol–water partition coefficient (Wildman–Crippen LogP) is 5.79. The van der Waals surface area contributed by atoms with Crippen LogP contribution >= 0.6 is 0 Å². The molecular weight excluding hydrogens is 796 g/mol. The Balaban J connectivity index is 1.45. The van der Waals surface area contributed by atoms with Crippen LogP contribution in [0.2, 0.25) is 0 Å². The van der Waals surface area contributed by atoms with Crippen molar-refractivity contribution in [3.8, 4) is 11.6 Å². The van der Waals surface area contributed by atoms with E-state index in [1.54, 1.807) is 13.0 Å². The minimum atomic E-state index is -4.12. The van der Waals surface area contributed by atoms with E-state index in [1.165, 1.54) is 38.4 Å². The molecule has 0 radical (unpaired) electrons. The highest BCUT2D eigenvalue weighted by atomic mass is 32.2. The normalized spacial score (nSPS) is 29.2. The smallest absolute Gasteiger partial charge is 0.408 e. The lowest BCUT2D eigenvalue weighted by Crippen LogP contribution is -2.67. The molecule has 0 spiro atoms. The number of carboxylic acid groups (broad SMARTS) is 1. The Morgan fingerprint density at radius 1 is 1.15 bits per heavy atom. The summed E-state index contributed by atoms with van der Waals surface area (Å²) in [6.45, 7) is 7.52. The van der Waals surface area contributed by atoms with E-state index < -0.39 is 91.4 Å². The van der Waals surface area contributed by atoms with Crippen LogP contribution in [-0.2, 0) is 24.4 Å². The number of carbonyl (C=O) groups is 4. The van der Waals surface area contributed by atoms with Gasteiger partial charge in [-0.2, -0.15) is 0 Å². The molecule has 2 aliphatic carbocycles. The number of carbonyl (C=O) groups excluding carboxylic acids is 3. The van der Waals surface area contributed by atoms with Crippen molar-refractivity contribution >= 4 is 44.6 Å². The number of methoxy groups -OCH3 is 1. The molecule has 0 bridgehead atoms. The van der Waals surface area contributed by atoms with E-state index in [2.05, 4.69) is 15.0 Å². The van der Waals surface area contributed by atoms with Gasteiger partial charge in [-0.1, -0.05) is 32.4 Å². The van der Waals surface area contributed by atoms with Crippen molar-refractivity contribution in [2.24, 2.45) is 17.8 Å². The topological polar surface area (TPSA) is 185 Å². The number of fused-ring (bicyclic) bond motifs is 3. The summed E-state index contributed by atoms with van der Waals surface area (Å²) < 4.78 is 84.7. The van der Waals surface area contributed by atoms with Crippen LogP contribution in [0, 0.1) is 23.6 Å². The maximum atomic E-state index is 15.5. The fraction of sp³-hybridized carbons (Fsp3) is 0.634. The van der Waals surface area contributed by atoms with Gasteiger partial charge in [-0.25, -0.2) is 31.4 Å². The molecule has 18 heteroatoms. The number of halogens is 3. The highest BCUT2D eigenvalue weighted by molar-refractivity contribution is 7.91. The SMILES string of the molecule is CC[C@@H]1C[C@H](C)CC/C=C\[C@@H]2C[C@@]2(C(=O)NS(=O)(=O)C2(C)CC2)NC(=O)[C@@H]2C[C@@H](Oc3ncc(OC)c4ccc(F)cc34)CN2C(=O)[C@H]1N(C(=O)O)C(C)(C)C(C)(F)F. The van der Waals surface area contributed by atoms with E-state index in [0.717, 1.165) is 18.7 Å². The van der Waals surface area contributed by atoms with Crippen molar-refractivity contribution in [2.75, 3.05) is 13.7 Å². The van der Waals surface area contributed by atoms with Gasteiger partial charge in [-0.3, -0.25) is 24.0 Å². The van der Waals surface area contributed by atoms with Crippen LogP contribution in [0.25, 0.3) is 10.8 Å². The molecule has 4 aliphatic rings. The second kappa shape index (κ2) is 15.8. The highest BCUT2D eigenvalue weighted by Crippen LogP contribution is 2.48. The Labute approximate surface area is 342 Å². The van der Waals surface area contributed by atoms with Crippen LogP contribution in [0.3, 0.4) is 0 Å². The Morgan fingerprint density at radius 3 is 2.46 bits per heavy atom. The summed E-state index contributed by atoms with van der Waals surface area (Å²) in [7, 11) is -2.70. The summed E-state index contributed by atoms with van der Waals surface area (Å²) in [4.78, 5) is 63.0. The molecular formula is C41H54F3N5O9S. The van der Waals surface area contributed by atoms with Gasteiger partial charge in [-0.05, 0) is 89.3 Å². The summed E-state index contributed by atoms with van der Waals surface area (Å²) in [5, 5.41) is 14.1. The van der Waals surface area contributed by atoms with E-state index in [4.69, 9.17) is 9.47 Å². The van der Waals surface area contributed by atoms with Crippen molar-refractivity contribution in [2.45, 2.75) is 133 Å². The van der Waals surface area contributed by atoms with Gasteiger partial charge >= 0.3 is 6.09 Å². The van der Waals surface area contributed by atoms with Gasteiger partial charge < -0.3 is 24.8 Å². The van der Waals surface area contributed by atoms with Crippen molar-refractivity contribution in [1.29, 1.82) is 0 Å². The first-order chi connectivity index (χ1) is 27.5. The van der Waals surface area contributed by atoms with E-state index in [0.29, 0.717) is 48.6 Å². The lowest BCUT2D eigenvalue weighted by Gasteiger charge is -2.47. The van der Waals surface area contributed by atoms with Crippen molar-refractivity contribution in [1.82, 2.24) is 24.8 Å². The van der Waals surface area contributed by atoms with Crippen molar-refractivity contribution in [3.05, 3.63) is 42.4 Å². The molecule has 3 heterocycles. The molecule has 1 aromatic carbocycles. The van der Waals surface area contributed by atoms with Gasteiger partial charge in [-0.15, -0.1) is 0 Å². The number of aromatic nitrogens is 1. The van der Waals surface area contributed by atoms with Gasteiger partial charge in [0.05, 0.1) is 30.0 Å². The second-order valence-electron chi connectivity index (χ2n) is 17.5. The highest BCUT2D eigenvalue weighted by Gasteiger charge is 2.63. The summed E-state index contributed by atoms with van der Waals surface area (Å²) in [6.07, 6.45) is 4.28. The van der Waals surface area contributed by atoms with Gasteiger partial charge in [0.1, 0.15) is 40.8 Å². The number of allylic oxidation sites excluding steroid dienone is 1. The molecule has 1 aromatic heterocycles. The molecule has 6 rings (SSSR count). The van der Waals surface area contributed by atoms with E-state index in [9.17, 15) is 32.3 Å². The largest absolute Gasteiger partial charge is 0.494 e. The van der Waals surface area contributed by atoms with Crippen LogP contribution in [-0.4, -0.2) is 106 Å². The molecule has 3 N–H and O–H groups in total. The number of alkyl halides is 2. The maximum absolute atomic E-state index is 15.5. The van der Waals surface area contributed by atoms with Crippen LogP contribution in [0.1, 0.15) is 92.9 Å². The number of nitrogens with zero attached hydrogens (tertiary/aromatic N) is 3. The fourth-order valence-electron chi connectivity index (χ4n) is 8.42. The summed E-state index contributed by atoms with van der Waals surface area (Å²) in [6, 6.07) is 0.744. The monoisotopic (exact) mass is 849 g/mol. The standard InChI is InChI=1S/C41H54F3N5O9S/c1-8-24-17-23(2)11-9-10-12-25-20-41(25,36(52)47-59(55,56)39(5)15-16-39)46-33(50)30-19-27(58-34-29-18-26(42)13-14-28(29)31(57-7)21-45-34)22-48(30)35(51)32(24)49(37(53)54)38(3,4)40(6,43)44/h10,12-14,18,21,23-25,27,30,32H,8-9,11,15-17,19-20,22H2,1-7H3,(H,46,50)(H,47,52)(H,53,54)/b12-10-/t23-,24-,25-,27-,30+,32+,41-/m1/s1. The van der Waals surface area contributed by atoms with Crippen LogP contribution in [0.4, 0.5) is 18.0 Å². The quantitative estimate of drug-likeness (QED) is 0.248. The zero-order valence-corrected chi connectivity index (χ0v) is 35.2. The number of benzene rings is 1. The molecule has 0 unspecified atom stereocenters. The Hall–Kier alpha value is -4.61. The molecule has 14 nitrogen and oxygen atoms in total. The molecule has 1 saturated heterocycles. The lowest BCUT2D eigenvalue weighted by atomic mass is 9.81. The first-order valence-electron chi connectivity index (χ1n) is 20.0. The van der Waals surface area contributed by atoms with Gasteiger partial charge in [0.15, 0.2) is 0 Å². The van der Waals surface area contributed by atoms with E-state index in [1.807, 2.05) is 13.0 Å². The van der Waals surface area contributed by atoms with Crippen molar-refractivity contribution in [3.63, 3.8) is 0 Å². The first kappa shape index (κ1) is 44.0. The molecule has 7 atom stereocenters. The molecule has 59 heavy (non-hydrogen) atoms. The Bertz CT molecular complexity index is 2140. The molecule has 324 valence electrons. The number of nitrogens with one attached hydrogen (secondary N) is 2. The van der Waals surface area contributed by atoms with E-state index in [-0.39, 0.29) is 49.4 Å². The molecule has 2 saturated carbocycles. The molecule has 4 amide bonds. The summed E-state index contributed by atoms with van der Waals surface area (Å²) in [5.41, 5.74) is -4.11. The second-order valence-corrected chi connectivity index (χ2v) is 19.7. The van der Waals surface area contributed by atoms with Crippen LogP contribution in [0.5, 0.6) is 11.6 Å². The summed E-state index contributed by atoms with van der Waals surface area (Å²) in [5.74, 6) is -8.17. The molecule has 2 aromatic rings. The van der Waals surface area contributed by atoms with Crippen molar-refractivity contribution < 1.29 is 55.3 Å². The lowest BCUT2D eigenvalue weighted by molar-refractivity contribution is -0.157. The van der Waals surface area contributed by atoms with E-state index >= 15 is 13.6 Å². The first-order valence-corrected chi connectivity index (χ1v) is 21.5.